The summed E-state index contributed by atoms with van der Waals surface area (Å²) in [5, 5.41) is 8.65. The lowest BCUT2D eigenvalue weighted by atomic mass is 10.1. The molecule has 1 aromatic carbocycles. The molecule has 0 aliphatic heterocycles. The van der Waals surface area contributed by atoms with Gasteiger partial charge in [-0.15, -0.1) is 0 Å². The molecule has 0 aromatic heterocycles. The summed E-state index contributed by atoms with van der Waals surface area (Å²) in [6.45, 7) is 2.82. The van der Waals surface area contributed by atoms with Crippen molar-refractivity contribution in [3.8, 4) is 11.8 Å². The highest BCUT2D eigenvalue weighted by atomic mass is 19.1. The van der Waals surface area contributed by atoms with Crippen LogP contribution in [0.3, 0.4) is 0 Å². The molecule has 1 N–H and O–H groups in total. The zero-order valence-corrected chi connectivity index (χ0v) is 12.4. The minimum Gasteiger partial charge on any atom is -0.395 e. The molecule has 3 nitrogen and oxygen atoms in total. The van der Waals surface area contributed by atoms with E-state index in [-0.39, 0.29) is 18.1 Å². The van der Waals surface area contributed by atoms with Gasteiger partial charge in [0.05, 0.1) is 12.2 Å². The second-order valence-corrected chi connectivity index (χ2v) is 5.63. The summed E-state index contributed by atoms with van der Waals surface area (Å²) in [7, 11) is 1.71. The molecule has 1 aliphatic rings. The Hall–Kier alpha value is -1.86. The number of amides is 1. The van der Waals surface area contributed by atoms with E-state index < -0.39 is 5.82 Å². The summed E-state index contributed by atoms with van der Waals surface area (Å²) < 4.78 is 14.0. The second kappa shape index (κ2) is 6.73. The summed E-state index contributed by atoms with van der Waals surface area (Å²) in [6.07, 6.45) is 1.49. The van der Waals surface area contributed by atoms with E-state index in [9.17, 15) is 9.18 Å². The Kier molecular flexibility index (Phi) is 4.98. The fourth-order valence-corrected chi connectivity index (χ4v) is 2.28. The first-order valence-corrected chi connectivity index (χ1v) is 7.17. The molecular formula is C17H20FNO2. The molecule has 1 aliphatic carbocycles. The normalized spacial score (nSPS) is 19.6. The standard InChI is InChI=1S/C17H20FNO2/c1-12-9-14(12)11-19(2)17(21)15-7-6-13(10-16(15)18)5-3-4-8-20/h6-7,10,12,14,20H,4,8-9,11H2,1-2H3. The van der Waals surface area contributed by atoms with E-state index in [0.29, 0.717) is 30.4 Å². The second-order valence-electron chi connectivity index (χ2n) is 5.63. The summed E-state index contributed by atoms with van der Waals surface area (Å²) in [5.41, 5.74) is 0.592. The van der Waals surface area contributed by atoms with Crippen molar-refractivity contribution in [2.75, 3.05) is 20.2 Å². The van der Waals surface area contributed by atoms with Crippen molar-refractivity contribution >= 4 is 5.91 Å². The molecule has 2 rings (SSSR count). The number of halogens is 1. The quantitative estimate of drug-likeness (QED) is 0.864. The minimum atomic E-state index is -0.550. The highest BCUT2D eigenvalue weighted by molar-refractivity contribution is 5.94. The predicted octanol–water partition coefficient (Wildman–Crippen LogP) is 2.29. The third-order valence-electron chi connectivity index (χ3n) is 3.80. The number of rotatable bonds is 4. The van der Waals surface area contributed by atoms with Crippen molar-refractivity contribution < 1.29 is 14.3 Å². The topological polar surface area (TPSA) is 40.5 Å². The largest absolute Gasteiger partial charge is 0.395 e. The van der Waals surface area contributed by atoms with Crippen molar-refractivity contribution in [2.45, 2.75) is 19.8 Å². The Bertz CT molecular complexity index is 588. The van der Waals surface area contributed by atoms with Crippen LogP contribution in [0, 0.1) is 29.5 Å². The van der Waals surface area contributed by atoms with E-state index in [2.05, 4.69) is 18.8 Å². The Labute approximate surface area is 124 Å². The van der Waals surface area contributed by atoms with Crippen LogP contribution in [0.15, 0.2) is 18.2 Å². The summed E-state index contributed by atoms with van der Waals surface area (Å²) >= 11 is 0. The van der Waals surface area contributed by atoms with Crippen molar-refractivity contribution in [3.05, 3.63) is 35.1 Å². The van der Waals surface area contributed by atoms with Gasteiger partial charge in [-0.05, 0) is 36.5 Å². The number of aliphatic hydroxyl groups excluding tert-OH is 1. The van der Waals surface area contributed by atoms with Crippen LogP contribution in [-0.4, -0.2) is 36.1 Å². The fourth-order valence-electron chi connectivity index (χ4n) is 2.28. The highest BCUT2D eigenvalue weighted by Gasteiger charge is 2.34. The molecule has 0 radical (unpaired) electrons. The summed E-state index contributed by atoms with van der Waals surface area (Å²) in [6, 6.07) is 4.38. The number of benzene rings is 1. The lowest BCUT2D eigenvalue weighted by Gasteiger charge is -2.17. The van der Waals surface area contributed by atoms with Crippen LogP contribution in [0.5, 0.6) is 0 Å². The minimum absolute atomic E-state index is 0.0174. The average Bonchev–Trinajstić information content (AvgIpc) is 3.14. The van der Waals surface area contributed by atoms with Crippen LogP contribution in [0.4, 0.5) is 4.39 Å². The first-order valence-electron chi connectivity index (χ1n) is 7.17. The van der Waals surface area contributed by atoms with Crippen LogP contribution in [0.25, 0.3) is 0 Å². The third kappa shape index (κ3) is 4.05. The van der Waals surface area contributed by atoms with E-state index in [1.807, 2.05) is 0 Å². The maximum atomic E-state index is 14.0. The first kappa shape index (κ1) is 15.5. The lowest BCUT2D eigenvalue weighted by molar-refractivity contribution is 0.0782. The van der Waals surface area contributed by atoms with Crippen LogP contribution < -0.4 is 0 Å². The van der Waals surface area contributed by atoms with Crippen LogP contribution in [0.1, 0.15) is 35.7 Å². The van der Waals surface area contributed by atoms with Crippen LogP contribution in [0.2, 0.25) is 0 Å². The Morgan fingerprint density at radius 2 is 2.24 bits per heavy atom. The van der Waals surface area contributed by atoms with Crippen molar-refractivity contribution in [3.63, 3.8) is 0 Å². The predicted molar refractivity (Wildman–Crippen MR) is 79.2 cm³/mol. The number of hydrogen-bond acceptors (Lipinski definition) is 2. The molecule has 1 amide bonds. The summed E-state index contributed by atoms with van der Waals surface area (Å²) in [5.74, 6) is 5.85. The Morgan fingerprint density at radius 3 is 2.81 bits per heavy atom. The van der Waals surface area contributed by atoms with Gasteiger partial charge < -0.3 is 10.0 Å². The molecule has 112 valence electrons. The SMILES string of the molecule is CC1CC1CN(C)C(=O)c1ccc(C#CCCO)cc1F. The first-order chi connectivity index (χ1) is 10.0. The van der Waals surface area contributed by atoms with Gasteiger partial charge in [-0.2, -0.15) is 0 Å². The van der Waals surface area contributed by atoms with Gasteiger partial charge in [0.2, 0.25) is 0 Å². The molecular weight excluding hydrogens is 269 g/mol. The Morgan fingerprint density at radius 1 is 1.52 bits per heavy atom. The molecule has 1 fully saturated rings. The zero-order valence-electron chi connectivity index (χ0n) is 12.4. The van der Waals surface area contributed by atoms with Crippen molar-refractivity contribution in [2.24, 2.45) is 11.8 Å². The average molecular weight is 289 g/mol. The number of carbonyl (C=O) groups is 1. The van der Waals surface area contributed by atoms with Gasteiger partial charge >= 0.3 is 0 Å². The molecule has 2 atom stereocenters. The van der Waals surface area contributed by atoms with E-state index in [1.54, 1.807) is 18.0 Å². The smallest absolute Gasteiger partial charge is 0.256 e. The van der Waals surface area contributed by atoms with E-state index >= 15 is 0 Å². The fraction of sp³-hybridized carbons (Fsp3) is 0.471. The molecule has 4 heteroatoms. The van der Waals surface area contributed by atoms with E-state index in [0.717, 1.165) is 6.42 Å². The maximum Gasteiger partial charge on any atom is 0.256 e. The molecule has 0 spiro atoms. The molecule has 1 saturated carbocycles. The molecule has 0 heterocycles. The third-order valence-corrected chi connectivity index (χ3v) is 3.80. The van der Waals surface area contributed by atoms with E-state index in [4.69, 9.17) is 5.11 Å². The molecule has 0 bridgehead atoms. The van der Waals surface area contributed by atoms with Crippen LogP contribution >= 0.6 is 0 Å². The van der Waals surface area contributed by atoms with Gasteiger partial charge in [0.15, 0.2) is 0 Å². The van der Waals surface area contributed by atoms with Crippen molar-refractivity contribution in [1.29, 1.82) is 0 Å². The van der Waals surface area contributed by atoms with E-state index in [1.165, 1.54) is 12.1 Å². The van der Waals surface area contributed by atoms with Gasteiger partial charge in [-0.3, -0.25) is 4.79 Å². The van der Waals surface area contributed by atoms with Gasteiger partial charge in [-0.1, -0.05) is 18.8 Å². The van der Waals surface area contributed by atoms with Gasteiger partial charge in [0.1, 0.15) is 5.82 Å². The number of nitrogens with zero attached hydrogens (tertiary/aromatic N) is 1. The maximum absolute atomic E-state index is 14.0. The van der Waals surface area contributed by atoms with Crippen LogP contribution in [-0.2, 0) is 0 Å². The monoisotopic (exact) mass is 289 g/mol. The summed E-state index contributed by atoms with van der Waals surface area (Å²) in [4.78, 5) is 13.8. The zero-order chi connectivity index (χ0) is 15.4. The molecule has 0 saturated heterocycles. The molecule has 1 aromatic rings. The van der Waals surface area contributed by atoms with Gasteiger partial charge in [-0.25, -0.2) is 4.39 Å². The molecule has 21 heavy (non-hydrogen) atoms. The highest BCUT2D eigenvalue weighted by Crippen LogP contribution is 2.38. The lowest BCUT2D eigenvalue weighted by Crippen LogP contribution is -2.29. The Balaban J connectivity index is 2.06. The number of hydrogen-bond donors (Lipinski definition) is 1. The molecule has 2 unspecified atom stereocenters. The van der Waals surface area contributed by atoms with Gasteiger partial charge in [0, 0.05) is 25.6 Å². The van der Waals surface area contributed by atoms with Crippen molar-refractivity contribution in [1.82, 2.24) is 4.90 Å². The van der Waals surface area contributed by atoms with Gasteiger partial charge in [0.25, 0.3) is 5.91 Å². The number of aliphatic hydroxyl groups is 1. The number of carbonyl (C=O) groups excluding carboxylic acids is 1.